The zero-order valence-electron chi connectivity index (χ0n) is 19.7. The topological polar surface area (TPSA) is 61.4 Å². The lowest BCUT2D eigenvalue weighted by atomic mass is 9.98. The summed E-state index contributed by atoms with van der Waals surface area (Å²) in [6.45, 7) is 6.45. The molecule has 0 saturated carbocycles. The highest BCUT2D eigenvalue weighted by atomic mass is 32.1. The quantitative estimate of drug-likeness (QED) is 0.437. The summed E-state index contributed by atoms with van der Waals surface area (Å²) < 4.78 is 0. The van der Waals surface area contributed by atoms with E-state index >= 15 is 0 Å². The zero-order chi connectivity index (χ0) is 23.9. The Hall–Kier alpha value is -3.38. The number of anilines is 1. The molecule has 1 saturated heterocycles. The standard InChI is InChI=1S/C28H31N3O2S/c1-20-14-16-31(17-15-20)24-12-10-22(11-13-24)21(2)29-28(33)26(19-25-9-6-18-34-25)30-27(32)23-7-4-3-5-8-23/h3-13,18-21H,14-17H2,1-2H3,(H,29,33)(H,30,32)/b26-19-. The van der Waals surface area contributed by atoms with Crippen LogP contribution < -0.4 is 15.5 Å². The summed E-state index contributed by atoms with van der Waals surface area (Å²) in [6, 6.07) is 20.9. The van der Waals surface area contributed by atoms with E-state index in [1.54, 1.807) is 30.3 Å². The lowest BCUT2D eigenvalue weighted by Gasteiger charge is -2.32. The number of nitrogens with one attached hydrogen (secondary N) is 2. The molecule has 1 fully saturated rings. The Bertz CT molecular complexity index is 1120. The average molecular weight is 474 g/mol. The van der Waals surface area contributed by atoms with Crippen LogP contribution in [0.2, 0.25) is 0 Å². The maximum Gasteiger partial charge on any atom is 0.268 e. The van der Waals surface area contributed by atoms with Crippen LogP contribution in [0.1, 0.15) is 53.5 Å². The highest BCUT2D eigenvalue weighted by Gasteiger charge is 2.19. The van der Waals surface area contributed by atoms with Crippen LogP contribution in [0.5, 0.6) is 0 Å². The molecule has 0 radical (unpaired) electrons. The summed E-state index contributed by atoms with van der Waals surface area (Å²) in [5.41, 5.74) is 2.97. The van der Waals surface area contributed by atoms with Crippen LogP contribution in [-0.4, -0.2) is 24.9 Å². The summed E-state index contributed by atoms with van der Waals surface area (Å²) in [5.74, 6) is 0.162. The predicted octanol–water partition coefficient (Wildman–Crippen LogP) is 5.63. The summed E-state index contributed by atoms with van der Waals surface area (Å²) in [7, 11) is 0. The molecular formula is C28H31N3O2S. The summed E-state index contributed by atoms with van der Waals surface area (Å²) in [6.07, 6.45) is 4.17. The van der Waals surface area contributed by atoms with Crippen LogP contribution in [0.4, 0.5) is 5.69 Å². The largest absolute Gasteiger partial charge is 0.372 e. The van der Waals surface area contributed by atoms with Gasteiger partial charge in [0.15, 0.2) is 0 Å². The van der Waals surface area contributed by atoms with E-state index in [0.717, 1.165) is 29.4 Å². The second-order valence-electron chi connectivity index (χ2n) is 8.85. The van der Waals surface area contributed by atoms with Crippen LogP contribution in [0.25, 0.3) is 6.08 Å². The molecule has 2 amide bonds. The lowest BCUT2D eigenvalue weighted by molar-refractivity contribution is -0.118. The first-order chi connectivity index (χ1) is 16.5. The van der Waals surface area contributed by atoms with Gasteiger partial charge in [0, 0.05) is 29.2 Å². The molecule has 0 bridgehead atoms. The van der Waals surface area contributed by atoms with Crippen LogP contribution in [0.3, 0.4) is 0 Å². The highest BCUT2D eigenvalue weighted by Crippen LogP contribution is 2.25. The fourth-order valence-corrected chi connectivity index (χ4v) is 4.71. The lowest BCUT2D eigenvalue weighted by Crippen LogP contribution is -2.36. The first-order valence-corrected chi connectivity index (χ1v) is 12.6. The summed E-state index contributed by atoms with van der Waals surface area (Å²) in [4.78, 5) is 29.2. The monoisotopic (exact) mass is 473 g/mol. The minimum Gasteiger partial charge on any atom is -0.372 e. The number of hydrogen-bond donors (Lipinski definition) is 2. The Morgan fingerprint density at radius 2 is 1.71 bits per heavy atom. The number of piperidine rings is 1. The zero-order valence-corrected chi connectivity index (χ0v) is 20.5. The molecule has 5 nitrogen and oxygen atoms in total. The van der Waals surface area contributed by atoms with Gasteiger partial charge in [-0.25, -0.2) is 0 Å². The van der Waals surface area contributed by atoms with Crippen molar-refractivity contribution in [3.05, 3.63) is 93.8 Å². The van der Waals surface area contributed by atoms with Gasteiger partial charge in [-0.3, -0.25) is 9.59 Å². The first kappa shape index (κ1) is 23.8. The summed E-state index contributed by atoms with van der Waals surface area (Å²) >= 11 is 1.51. The Kier molecular flexibility index (Phi) is 7.80. The van der Waals surface area contributed by atoms with Crippen LogP contribution >= 0.6 is 11.3 Å². The van der Waals surface area contributed by atoms with Crippen molar-refractivity contribution in [2.24, 2.45) is 5.92 Å². The fraction of sp³-hybridized carbons (Fsp3) is 0.286. The van der Waals surface area contributed by atoms with Gasteiger partial charge in [-0.2, -0.15) is 0 Å². The Morgan fingerprint density at radius 1 is 1.00 bits per heavy atom. The molecule has 0 aliphatic carbocycles. The molecule has 0 spiro atoms. The van der Waals surface area contributed by atoms with Crippen LogP contribution in [0, 0.1) is 5.92 Å². The van der Waals surface area contributed by atoms with E-state index in [2.05, 4.69) is 46.7 Å². The predicted molar refractivity (Wildman–Crippen MR) is 140 cm³/mol. The van der Waals surface area contributed by atoms with E-state index in [4.69, 9.17) is 0 Å². The third-order valence-electron chi connectivity index (χ3n) is 6.25. The number of nitrogens with zero attached hydrogens (tertiary/aromatic N) is 1. The van der Waals surface area contributed by atoms with E-state index in [0.29, 0.717) is 5.56 Å². The third kappa shape index (κ3) is 6.14. The molecule has 1 atom stereocenters. The van der Waals surface area contributed by atoms with Gasteiger partial charge in [-0.05, 0) is 73.0 Å². The molecule has 1 aliphatic rings. The van der Waals surface area contributed by atoms with Gasteiger partial charge in [0.1, 0.15) is 5.70 Å². The number of amides is 2. The van der Waals surface area contributed by atoms with Crippen molar-refractivity contribution in [3.8, 4) is 0 Å². The number of thiophene rings is 1. The normalized spacial score (nSPS) is 15.6. The maximum absolute atomic E-state index is 13.2. The van der Waals surface area contributed by atoms with E-state index in [1.807, 2.05) is 30.5 Å². The first-order valence-electron chi connectivity index (χ1n) is 11.8. The van der Waals surface area contributed by atoms with Crippen molar-refractivity contribution in [3.63, 3.8) is 0 Å². The van der Waals surface area contributed by atoms with Crippen molar-refractivity contribution in [2.75, 3.05) is 18.0 Å². The number of carbonyl (C=O) groups is 2. The van der Waals surface area contributed by atoms with Gasteiger partial charge in [0.05, 0.1) is 6.04 Å². The van der Waals surface area contributed by atoms with E-state index < -0.39 is 0 Å². The third-order valence-corrected chi connectivity index (χ3v) is 7.07. The SMILES string of the molecule is CC1CCN(c2ccc(C(C)NC(=O)/C(=C/c3cccs3)NC(=O)c3ccccc3)cc2)CC1. The molecule has 2 aromatic carbocycles. The van der Waals surface area contributed by atoms with Gasteiger partial charge in [0.2, 0.25) is 0 Å². The van der Waals surface area contributed by atoms with Crippen LogP contribution in [-0.2, 0) is 4.79 Å². The average Bonchev–Trinajstić information content (AvgIpc) is 3.38. The molecule has 176 valence electrons. The van der Waals surface area contributed by atoms with E-state index in [9.17, 15) is 9.59 Å². The summed E-state index contributed by atoms with van der Waals surface area (Å²) in [5, 5.41) is 7.77. The van der Waals surface area contributed by atoms with Crippen molar-refractivity contribution < 1.29 is 9.59 Å². The molecule has 1 aromatic heterocycles. The van der Waals surface area contributed by atoms with Crippen molar-refractivity contribution in [1.29, 1.82) is 0 Å². The Morgan fingerprint density at radius 3 is 2.35 bits per heavy atom. The molecule has 2 N–H and O–H groups in total. The molecule has 2 heterocycles. The fourth-order valence-electron chi connectivity index (χ4n) is 4.06. The molecule has 4 rings (SSSR count). The highest BCUT2D eigenvalue weighted by molar-refractivity contribution is 7.10. The smallest absolute Gasteiger partial charge is 0.268 e. The van der Waals surface area contributed by atoms with Crippen molar-refractivity contribution in [1.82, 2.24) is 10.6 Å². The molecular weight excluding hydrogens is 442 g/mol. The second kappa shape index (κ2) is 11.2. The molecule has 34 heavy (non-hydrogen) atoms. The number of carbonyl (C=O) groups excluding carboxylic acids is 2. The molecule has 6 heteroatoms. The minimum absolute atomic E-state index is 0.205. The second-order valence-corrected chi connectivity index (χ2v) is 9.83. The van der Waals surface area contributed by atoms with Crippen molar-refractivity contribution >= 4 is 34.9 Å². The van der Waals surface area contributed by atoms with E-state index in [1.165, 1.54) is 29.9 Å². The van der Waals surface area contributed by atoms with Crippen LogP contribution in [0.15, 0.2) is 77.8 Å². The number of rotatable bonds is 7. The van der Waals surface area contributed by atoms with Gasteiger partial charge in [-0.1, -0.05) is 43.3 Å². The minimum atomic E-state index is -0.320. The van der Waals surface area contributed by atoms with Gasteiger partial charge >= 0.3 is 0 Å². The van der Waals surface area contributed by atoms with Gasteiger partial charge in [-0.15, -0.1) is 11.3 Å². The van der Waals surface area contributed by atoms with E-state index in [-0.39, 0.29) is 23.6 Å². The molecule has 1 aliphatic heterocycles. The maximum atomic E-state index is 13.2. The Balaban J connectivity index is 1.44. The Labute approximate surface area is 205 Å². The number of benzene rings is 2. The molecule has 3 aromatic rings. The van der Waals surface area contributed by atoms with Gasteiger partial charge in [0.25, 0.3) is 11.8 Å². The number of hydrogen-bond acceptors (Lipinski definition) is 4. The molecule has 1 unspecified atom stereocenters. The van der Waals surface area contributed by atoms with Gasteiger partial charge < -0.3 is 15.5 Å². The van der Waals surface area contributed by atoms with Crippen molar-refractivity contribution in [2.45, 2.75) is 32.7 Å².